The zero-order valence-electron chi connectivity index (χ0n) is 9.95. The van der Waals surface area contributed by atoms with Crippen LogP contribution in [-0.2, 0) is 11.3 Å². The van der Waals surface area contributed by atoms with Crippen molar-refractivity contribution < 1.29 is 23.4 Å². The SMILES string of the molecule is COCc1cccc(C(=O)NCC(F)(F)CO)c1. The van der Waals surface area contributed by atoms with Crippen LogP contribution in [0.25, 0.3) is 0 Å². The first-order valence-corrected chi connectivity index (χ1v) is 5.33. The third kappa shape index (κ3) is 4.38. The van der Waals surface area contributed by atoms with Crippen LogP contribution in [0.5, 0.6) is 0 Å². The van der Waals surface area contributed by atoms with Gasteiger partial charge >= 0.3 is 0 Å². The number of ether oxygens (including phenoxy) is 1. The van der Waals surface area contributed by atoms with E-state index in [4.69, 9.17) is 9.84 Å². The number of hydrogen-bond donors (Lipinski definition) is 2. The molecule has 0 saturated heterocycles. The number of carbonyl (C=O) groups is 1. The minimum Gasteiger partial charge on any atom is -0.390 e. The van der Waals surface area contributed by atoms with Crippen LogP contribution in [0.1, 0.15) is 15.9 Å². The van der Waals surface area contributed by atoms with E-state index >= 15 is 0 Å². The van der Waals surface area contributed by atoms with Crippen LogP contribution in [0, 0.1) is 0 Å². The molecule has 0 unspecified atom stereocenters. The molecule has 0 atom stereocenters. The number of halogens is 2. The second-order valence-corrected chi connectivity index (χ2v) is 3.83. The predicted octanol–water partition coefficient (Wildman–Crippen LogP) is 1.19. The molecule has 0 radical (unpaired) electrons. The van der Waals surface area contributed by atoms with Gasteiger partial charge in [0.1, 0.15) is 6.61 Å². The minimum atomic E-state index is -3.31. The molecule has 1 amide bonds. The monoisotopic (exact) mass is 259 g/mol. The third-order valence-corrected chi connectivity index (χ3v) is 2.24. The topological polar surface area (TPSA) is 58.6 Å². The molecule has 0 saturated carbocycles. The highest BCUT2D eigenvalue weighted by Gasteiger charge is 2.28. The molecule has 2 N–H and O–H groups in total. The summed E-state index contributed by atoms with van der Waals surface area (Å²) in [5, 5.41) is 10.4. The van der Waals surface area contributed by atoms with Crippen LogP contribution in [0.15, 0.2) is 24.3 Å². The Morgan fingerprint density at radius 1 is 1.50 bits per heavy atom. The Morgan fingerprint density at radius 3 is 2.83 bits per heavy atom. The second-order valence-electron chi connectivity index (χ2n) is 3.83. The van der Waals surface area contributed by atoms with E-state index < -0.39 is 25.0 Å². The zero-order chi connectivity index (χ0) is 13.6. The molecule has 0 aliphatic rings. The quantitative estimate of drug-likeness (QED) is 0.806. The first-order valence-electron chi connectivity index (χ1n) is 5.33. The lowest BCUT2D eigenvalue weighted by molar-refractivity contribution is -0.0462. The van der Waals surface area contributed by atoms with Crippen molar-refractivity contribution in [2.45, 2.75) is 12.5 Å². The molecule has 0 aromatic heterocycles. The fraction of sp³-hybridized carbons (Fsp3) is 0.417. The van der Waals surface area contributed by atoms with Crippen LogP contribution in [0.2, 0.25) is 0 Å². The van der Waals surface area contributed by atoms with Crippen LogP contribution < -0.4 is 5.32 Å². The van der Waals surface area contributed by atoms with E-state index in [-0.39, 0.29) is 5.56 Å². The summed E-state index contributed by atoms with van der Waals surface area (Å²) in [6.45, 7) is -1.85. The third-order valence-electron chi connectivity index (χ3n) is 2.24. The van der Waals surface area contributed by atoms with Crippen molar-refractivity contribution in [3.63, 3.8) is 0 Å². The van der Waals surface area contributed by atoms with Crippen molar-refractivity contribution >= 4 is 5.91 Å². The standard InChI is InChI=1S/C12H15F2NO3/c1-18-6-9-3-2-4-10(5-9)11(17)15-7-12(13,14)8-16/h2-5,16H,6-8H2,1H3,(H,15,17). The Bertz CT molecular complexity index is 410. The van der Waals surface area contributed by atoms with Crippen LogP contribution in [0.3, 0.4) is 0 Å². The Morgan fingerprint density at radius 2 is 2.22 bits per heavy atom. The van der Waals surface area contributed by atoms with Gasteiger partial charge in [-0.25, -0.2) is 8.78 Å². The van der Waals surface area contributed by atoms with Crippen molar-refractivity contribution in [3.05, 3.63) is 35.4 Å². The van der Waals surface area contributed by atoms with E-state index in [1.165, 1.54) is 13.2 Å². The van der Waals surface area contributed by atoms with E-state index in [1.807, 2.05) is 0 Å². The summed E-state index contributed by atoms with van der Waals surface area (Å²) in [6.07, 6.45) is 0. The first-order chi connectivity index (χ1) is 8.48. The lowest BCUT2D eigenvalue weighted by atomic mass is 10.1. The molecule has 0 aliphatic carbocycles. The number of nitrogens with one attached hydrogen (secondary N) is 1. The molecule has 0 aliphatic heterocycles. The molecular formula is C12H15F2NO3. The van der Waals surface area contributed by atoms with E-state index in [0.29, 0.717) is 6.61 Å². The Hall–Kier alpha value is -1.53. The predicted molar refractivity (Wildman–Crippen MR) is 61.5 cm³/mol. The van der Waals surface area contributed by atoms with E-state index in [0.717, 1.165) is 5.56 Å². The zero-order valence-corrected chi connectivity index (χ0v) is 9.95. The summed E-state index contributed by atoms with van der Waals surface area (Å²) in [5.74, 6) is -3.92. The number of amides is 1. The van der Waals surface area contributed by atoms with Gasteiger partial charge in [-0.3, -0.25) is 4.79 Å². The fourth-order valence-electron chi connectivity index (χ4n) is 1.34. The number of hydrogen-bond acceptors (Lipinski definition) is 3. The summed E-state index contributed by atoms with van der Waals surface area (Å²) in [4.78, 5) is 11.6. The fourth-order valence-corrected chi connectivity index (χ4v) is 1.34. The van der Waals surface area contributed by atoms with Gasteiger partial charge in [0.05, 0.1) is 13.2 Å². The van der Waals surface area contributed by atoms with E-state index in [9.17, 15) is 13.6 Å². The van der Waals surface area contributed by atoms with Crippen LogP contribution >= 0.6 is 0 Å². The molecular weight excluding hydrogens is 244 g/mol. The van der Waals surface area contributed by atoms with Gasteiger partial charge in [-0.1, -0.05) is 12.1 Å². The van der Waals surface area contributed by atoms with E-state index in [1.54, 1.807) is 18.2 Å². The van der Waals surface area contributed by atoms with Crippen molar-refractivity contribution in [3.8, 4) is 0 Å². The van der Waals surface area contributed by atoms with Gasteiger partial charge in [-0.05, 0) is 17.7 Å². The number of aliphatic hydroxyl groups is 1. The lowest BCUT2D eigenvalue weighted by Gasteiger charge is -2.14. The smallest absolute Gasteiger partial charge is 0.287 e. The second kappa shape index (κ2) is 6.42. The maximum atomic E-state index is 12.7. The first kappa shape index (κ1) is 14.5. The van der Waals surface area contributed by atoms with Gasteiger partial charge in [0.15, 0.2) is 0 Å². The molecule has 0 heterocycles. The summed E-state index contributed by atoms with van der Waals surface area (Å²) in [6, 6.07) is 6.50. The molecule has 100 valence electrons. The van der Waals surface area contributed by atoms with Crippen molar-refractivity contribution in [1.82, 2.24) is 5.32 Å². The number of aliphatic hydroxyl groups excluding tert-OH is 1. The minimum absolute atomic E-state index is 0.276. The number of carbonyl (C=O) groups excluding carboxylic acids is 1. The molecule has 6 heteroatoms. The number of alkyl halides is 2. The van der Waals surface area contributed by atoms with Gasteiger partial charge < -0.3 is 15.2 Å². The molecule has 0 fully saturated rings. The van der Waals surface area contributed by atoms with Gasteiger partial charge in [0, 0.05) is 12.7 Å². The summed E-state index contributed by atoms with van der Waals surface area (Å²) < 4.78 is 30.4. The molecule has 0 bridgehead atoms. The van der Waals surface area contributed by atoms with Gasteiger partial charge in [-0.2, -0.15) is 0 Å². The highest BCUT2D eigenvalue weighted by Crippen LogP contribution is 2.11. The van der Waals surface area contributed by atoms with Crippen LogP contribution in [-0.4, -0.2) is 37.2 Å². The van der Waals surface area contributed by atoms with Crippen molar-refractivity contribution in [1.29, 1.82) is 0 Å². The number of methoxy groups -OCH3 is 1. The summed E-state index contributed by atoms with van der Waals surface area (Å²) in [5.41, 5.74) is 1.05. The number of rotatable bonds is 6. The Kier molecular flexibility index (Phi) is 5.18. The largest absolute Gasteiger partial charge is 0.390 e. The number of benzene rings is 1. The summed E-state index contributed by atoms with van der Waals surface area (Å²) in [7, 11) is 1.52. The normalized spacial score (nSPS) is 11.3. The highest BCUT2D eigenvalue weighted by molar-refractivity contribution is 5.94. The molecule has 0 spiro atoms. The maximum absolute atomic E-state index is 12.7. The lowest BCUT2D eigenvalue weighted by Crippen LogP contribution is -2.39. The Labute approximate surface area is 104 Å². The summed E-state index contributed by atoms with van der Waals surface area (Å²) >= 11 is 0. The molecule has 1 rings (SSSR count). The van der Waals surface area contributed by atoms with Gasteiger partial charge in [0.2, 0.25) is 0 Å². The van der Waals surface area contributed by atoms with Crippen molar-refractivity contribution in [2.24, 2.45) is 0 Å². The molecule has 4 nitrogen and oxygen atoms in total. The highest BCUT2D eigenvalue weighted by atomic mass is 19.3. The molecule has 1 aromatic rings. The average molecular weight is 259 g/mol. The molecule has 1 aromatic carbocycles. The Balaban J connectivity index is 2.64. The van der Waals surface area contributed by atoms with E-state index in [2.05, 4.69) is 5.32 Å². The van der Waals surface area contributed by atoms with Gasteiger partial charge in [-0.15, -0.1) is 0 Å². The maximum Gasteiger partial charge on any atom is 0.287 e. The molecule has 18 heavy (non-hydrogen) atoms. The average Bonchev–Trinajstić information content (AvgIpc) is 2.37. The van der Waals surface area contributed by atoms with Gasteiger partial charge in [0.25, 0.3) is 11.8 Å². The van der Waals surface area contributed by atoms with Crippen LogP contribution in [0.4, 0.5) is 8.78 Å². The van der Waals surface area contributed by atoms with Crippen molar-refractivity contribution in [2.75, 3.05) is 20.3 Å².